The van der Waals surface area contributed by atoms with E-state index in [0.29, 0.717) is 5.84 Å². The van der Waals surface area contributed by atoms with Gasteiger partial charge in [-0.25, -0.2) is 4.99 Å². The number of rotatable bonds is 4. The Kier molecular flexibility index (Phi) is 5.60. The summed E-state index contributed by atoms with van der Waals surface area (Å²) in [4.78, 5) is 39.8. The molecule has 0 bridgehead atoms. The number of hydrogen-bond acceptors (Lipinski definition) is 9. The Morgan fingerprint density at radius 2 is 1.58 bits per heavy atom. The first kappa shape index (κ1) is 20.8. The van der Waals surface area contributed by atoms with Crippen molar-refractivity contribution < 1.29 is 33.3 Å². The van der Waals surface area contributed by atoms with Crippen molar-refractivity contribution in [2.24, 2.45) is 4.99 Å². The van der Waals surface area contributed by atoms with Gasteiger partial charge in [-0.15, -0.1) is 0 Å². The number of ether oxygens (including phenoxy) is 4. The zero-order chi connectivity index (χ0) is 22.1. The lowest BCUT2D eigenvalue weighted by atomic mass is 9.96. The average Bonchev–Trinajstić information content (AvgIpc) is 2.70. The molecule has 2 aromatic carbocycles. The van der Waals surface area contributed by atoms with E-state index in [1.165, 1.54) is 20.8 Å². The summed E-state index contributed by atoms with van der Waals surface area (Å²) in [6.45, 7) is 3.64. The number of carbonyl (C=O) groups is 3. The second-order valence-electron chi connectivity index (χ2n) is 7.35. The highest BCUT2D eigenvalue weighted by Gasteiger charge is 2.49. The summed E-state index contributed by atoms with van der Waals surface area (Å²) < 4.78 is 22.1. The van der Waals surface area contributed by atoms with Crippen molar-refractivity contribution >= 4 is 45.9 Å². The maximum Gasteiger partial charge on any atom is 0.303 e. The third kappa shape index (κ3) is 4.22. The Balaban J connectivity index is 1.73. The van der Waals surface area contributed by atoms with Crippen LogP contribution >= 0.6 is 0 Å². The van der Waals surface area contributed by atoms with E-state index in [2.05, 4.69) is 10.3 Å². The molecule has 0 aliphatic carbocycles. The molecule has 4 atom stereocenters. The highest BCUT2D eigenvalue weighted by molar-refractivity contribution is 6.15. The zero-order valence-corrected chi connectivity index (χ0v) is 17.3. The van der Waals surface area contributed by atoms with Crippen molar-refractivity contribution in [1.29, 1.82) is 0 Å². The molecule has 2 heterocycles. The topological polar surface area (TPSA) is 113 Å². The molecule has 1 saturated heterocycles. The van der Waals surface area contributed by atoms with Crippen LogP contribution in [0.1, 0.15) is 20.8 Å². The molecular weight excluding hydrogens is 404 g/mol. The quantitative estimate of drug-likeness (QED) is 0.586. The predicted molar refractivity (Wildman–Crippen MR) is 111 cm³/mol. The summed E-state index contributed by atoms with van der Waals surface area (Å²) in [5.74, 6) is -1.37. The van der Waals surface area contributed by atoms with E-state index in [0.717, 1.165) is 22.1 Å². The molecule has 1 fully saturated rings. The first-order valence-corrected chi connectivity index (χ1v) is 9.84. The van der Waals surface area contributed by atoms with Crippen LogP contribution in [0.4, 0.5) is 11.4 Å². The Bertz CT molecular complexity index is 1080. The van der Waals surface area contributed by atoms with Gasteiger partial charge in [-0.05, 0) is 17.5 Å². The van der Waals surface area contributed by atoms with E-state index in [1.807, 2.05) is 36.4 Å². The van der Waals surface area contributed by atoms with Crippen molar-refractivity contribution in [1.82, 2.24) is 0 Å². The normalized spacial score (nSPS) is 24.5. The largest absolute Gasteiger partial charge is 0.456 e. The van der Waals surface area contributed by atoms with E-state index >= 15 is 0 Å². The molecule has 0 aromatic heterocycles. The first-order chi connectivity index (χ1) is 14.8. The minimum Gasteiger partial charge on any atom is -0.456 e. The predicted octanol–water partition coefficient (Wildman–Crippen LogP) is 2.49. The van der Waals surface area contributed by atoms with Crippen molar-refractivity contribution in [3.05, 3.63) is 36.4 Å². The summed E-state index contributed by atoms with van der Waals surface area (Å²) in [6.07, 6.45) is -3.93. The molecule has 0 spiro atoms. The van der Waals surface area contributed by atoms with Crippen LogP contribution in [0.3, 0.4) is 0 Å². The minimum absolute atomic E-state index is 0.0630. The summed E-state index contributed by atoms with van der Waals surface area (Å²) in [7, 11) is 0. The van der Waals surface area contributed by atoms with Gasteiger partial charge in [-0.2, -0.15) is 0 Å². The standard InChI is InChI=1S/C22H22N2O7/c1-11(25)29-17-10-28-21(20(31-13(3)27)19(17)30-12(2)26)22-23-15-8-4-6-14-7-5-9-16(24-22)18(14)15/h4-9,17,19-21H,10H2,1-3H3,(H,23,24)/t17-,19+,20-,21+/m1/s1. The van der Waals surface area contributed by atoms with Gasteiger partial charge in [0, 0.05) is 31.8 Å². The first-order valence-electron chi connectivity index (χ1n) is 9.84. The number of esters is 3. The summed E-state index contributed by atoms with van der Waals surface area (Å²) >= 11 is 0. The molecule has 0 radical (unpaired) electrons. The number of nitrogens with zero attached hydrogens (tertiary/aromatic N) is 1. The molecule has 2 aliphatic rings. The molecule has 9 heteroatoms. The van der Waals surface area contributed by atoms with Gasteiger partial charge in [0.25, 0.3) is 0 Å². The molecule has 2 aliphatic heterocycles. The van der Waals surface area contributed by atoms with Crippen LogP contribution in [0.25, 0.3) is 10.8 Å². The van der Waals surface area contributed by atoms with E-state index < -0.39 is 42.3 Å². The molecular formula is C22H22N2O7. The average molecular weight is 426 g/mol. The van der Waals surface area contributed by atoms with Gasteiger partial charge in [-0.3, -0.25) is 14.4 Å². The van der Waals surface area contributed by atoms with Gasteiger partial charge < -0.3 is 24.3 Å². The maximum atomic E-state index is 11.9. The number of benzene rings is 2. The third-order valence-corrected chi connectivity index (χ3v) is 5.01. The number of carbonyl (C=O) groups excluding carboxylic acids is 3. The number of hydrogen-bond donors (Lipinski definition) is 1. The van der Waals surface area contributed by atoms with Crippen LogP contribution < -0.4 is 5.32 Å². The summed E-state index contributed by atoms with van der Waals surface area (Å²) in [5, 5.41) is 5.24. The van der Waals surface area contributed by atoms with Crippen LogP contribution in [-0.2, 0) is 33.3 Å². The van der Waals surface area contributed by atoms with E-state index in [4.69, 9.17) is 18.9 Å². The second-order valence-corrected chi connectivity index (χ2v) is 7.35. The number of aliphatic imine (C=N–C) groups is 1. The molecule has 0 unspecified atom stereocenters. The van der Waals surface area contributed by atoms with Crippen molar-refractivity contribution in [2.45, 2.75) is 45.2 Å². The fraction of sp³-hybridized carbons (Fsp3) is 0.364. The minimum atomic E-state index is -1.07. The highest BCUT2D eigenvalue weighted by Crippen LogP contribution is 2.37. The highest BCUT2D eigenvalue weighted by atomic mass is 16.6. The van der Waals surface area contributed by atoms with E-state index in [9.17, 15) is 14.4 Å². The molecule has 9 nitrogen and oxygen atoms in total. The summed E-state index contributed by atoms with van der Waals surface area (Å²) in [6, 6.07) is 11.6. The third-order valence-electron chi connectivity index (χ3n) is 5.01. The van der Waals surface area contributed by atoms with Crippen molar-refractivity contribution in [2.75, 3.05) is 11.9 Å². The number of nitrogens with one attached hydrogen (secondary N) is 1. The van der Waals surface area contributed by atoms with Gasteiger partial charge in [0.2, 0.25) is 0 Å². The SMILES string of the molecule is CC(=O)O[C@@H]1[C@@H](OC(C)=O)[C@H](OC(C)=O)CO[C@@H]1C1=Nc2cccc3cccc(c23)N1. The molecule has 4 rings (SSSR count). The maximum absolute atomic E-state index is 11.9. The smallest absolute Gasteiger partial charge is 0.303 e. The lowest BCUT2D eigenvalue weighted by Gasteiger charge is -2.41. The van der Waals surface area contributed by atoms with Crippen LogP contribution in [-0.4, -0.2) is 54.8 Å². The Labute approximate surface area is 178 Å². The van der Waals surface area contributed by atoms with Crippen LogP contribution in [0.15, 0.2) is 41.4 Å². The van der Waals surface area contributed by atoms with Crippen LogP contribution in [0.5, 0.6) is 0 Å². The molecule has 0 saturated carbocycles. The molecule has 0 amide bonds. The fourth-order valence-electron chi connectivity index (χ4n) is 3.92. The van der Waals surface area contributed by atoms with Gasteiger partial charge in [0.1, 0.15) is 5.84 Å². The van der Waals surface area contributed by atoms with Gasteiger partial charge in [-0.1, -0.05) is 24.3 Å². The Morgan fingerprint density at radius 1 is 0.935 bits per heavy atom. The molecule has 31 heavy (non-hydrogen) atoms. The van der Waals surface area contributed by atoms with Crippen molar-refractivity contribution in [3.8, 4) is 0 Å². The second kappa shape index (κ2) is 8.35. The zero-order valence-electron chi connectivity index (χ0n) is 17.3. The van der Waals surface area contributed by atoms with Crippen molar-refractivity contribution in [3.63, 3.8) is 0 Å². The Morgan fingerprint density at radius 3 is 2.26 bits per heavy atom. The van der Waals surface area contributed by atoms with E-state index in [-0.39, 0.29) is 6.61 Å². The molecule has 162 valence electrons. The van der Waals surface area contributed by atoms with Gasteiger partial charge in [0.05, 0.1) is 12.3 Å². The van der Waals surface area contributed by atoms with Gasteiger partial charge in [0.15, 0.2) is 24.4 Å². The van der Waals surface area contributed by atoms with Crippen LogP contribution in [0.2, 0.25) is 0 Å². The van der Waals surface area contributed by atoms with Gasteiger partial charge >= 0.3 is 17.9 Å². The Hall–Kier alpha value is -3.46. The lowest BCUT2D eigenvalue weighted by Crippen LogP contribution is -2.60. The van der Waals surface area contributed by atoms with E-state index in [1.54, 1.807) is 0 Å². The number of amidine groups is 1. The number of anilines is 1. The monoisotopic (exact) mass is 426 g/mol. The molecule has 2 aromatic rings. The molecule has 1 N–H and O–H groups in total. The summed E-state index contributed by atoms with van der Waals surface area (Å²) in [5.41, 5.74) is 1.56. The fourth-order valence-corrected chi connectivity index (χ4v) is 3.92. The van der Waals surface area contributed by atoms with Crippen LogP contribution in [0, 0.1) is 0 Å². The lowest BCUT2D eigenvalue weighted by molar-refractivity contribution is -0.216.